The number of rotatable bonds is 0. The molecule has 2 rings (SSSR count). The zero-order valence-electron chi connectivity index (χ0n) is 8.04. The van der Waals surface area contributed by atoms with Crippen LogP contribution < -0.4 is 5.32 Å². The van der Waals surface area contributed by atoms with Crippen LogP contribution in [0.2, 0.25) is 0 Å². The molecule has 0 saturated carbocycles. The maximum Gasteiger partial charge on any atom is 0.329 e. The summed E-state index contributed by atoms with van der Waals surface area (Å²) < 4.78 is 0. The van der Waals surface area contributed by atoms with Crippen molar-refractivity contribution >= 4 is 11.8 Å². The van der Waals surface area contributed by atoms with Crippen molar-refractivity contribution in [3.8, 4) is 12.3 Å². The average Bonchev–Trinajstić information content (AvgIpc) is 2.30. The molecule has 1 aliphatic heterocycles. The minimum atomic E-state index is -0.919. The maximum absolute atomic E-state index is 11.3. The number of amides is 2. The van der Waals surface area contributed by atoms with Gasteiger partial charge in [0.2, 0.25) is 0 Å². The average molecular weight is 214 g/mol. The van der Waals surface area contributed by atoms with Gasteiger partial charge in [-0.15, -0.1) is 0 Å². The van der Waals surface area contributed by atoms with E-state index in [1.165, 1.54) is 0 Å². The molecule has 1 aliphatic carbocycles. The quantitative estimate of drug-likeness (QED) is 0.429. The van der Waals surface area contributed by atoms with E-state index in [1.54, 1.807) is 24.4 Å². The van der Waals surface area contributed by atoms with Crippen LogP contribution in [0.25, 0.3) is 0 Å². The minimum absolute atomic E-state index is 0.334. The van der Waals surface area contributed by atoms with Gasteiger partial charge in [0.25, 0.3) is 0 Å². The van der Waals surface area contributed by atoms with Crippen LogP contribution in [0.1, 0.15) is 0 Å². The summed E-state index contributed by atoms with van der Waals surface area (Å²) in [5, 5.41) is 20.1. The molecular weight excluding hydrogens is 208 g/mol. The molecule has 0 bridgehead atoms. The van der Waals surface area contributed by atoms with Gasteiger partial charge in [0.15, 0.2) is 6.19 Å². The van der Waals surface area contributed by atoms with Gasteiger partial charge in [-0.2, -0.15) is 10.5 Å². The van der Waals surface area contributed by atoms with Gasteiger partial charge in [-0.3, -0.25) is 9.59 Å². The number of hydrogen-bond acceptors (Lipinski definition) is 4. The predicted octanol–water partition coefficient (Wildman–Crippen LogP) is -0.612. The lowest BCUT2D eigenvalue weighted by Crippen LogP contribution is -2.57. The van der Waals surface area contributed by atoms with E-state index in [0.717, 1.165) is 4.90 Å². The first kappa shape index (κ1) is 9.94. The summed E-state index contributed by atoms with van der Waals surface area (Å²) in [4.78, 5) is 23.3. The molecule has 0 spiro atoms. The molecular formula is C10H6N4O2. The lowest BCUT2D eigenvalue weighted by atomic mass is 9.91. The van der Waals surface area contributed by atoms with Gasteiger partial charge in [-0.25, -0.2) is 4.90 Å². The first-order valence-electron chi connectivity index (χ1n) is 4.51. The molecule has 2 amide bonds. The number of allylic oxidation sites excluding steroid dienone is 2. The van der Waals surface area contributed by atoms with Crippen LogP contribution in [0, 0.1) is 28.7 Å². The molecule has 0 aromatic rings. The molecule has 78 valence electrons. The monoisotopic (exact) mass is 214 g/mol. The molecule has 1 fully saturated rings. The van der Waals surface area contributed by atoms with Crippen LogP contribution in [0.5, 0.6) is 0 Å². The summed E-state index contributed by atoms with van der Waals surface area (Å²) in [7, 11) is 0. The normalized spacial score (nSPS) is 27.4. The highest BCUT2D eigenvalue weighted by molar-refractivity contribution is 6.36. The molecule has 6 heteroatoms. The molecule has 0 radical (unpaired) electrons. The van der Waals surface area contributed by atoms with Crippen LogP contribution in [0.15, 0.2) is 23.9 Å². The third kappa shape index (κ3) is 1.25. The van der Waals surface area contributed by atoms with Crippen LogP contribution >= 0.6 is 0 Å². The second-order valence-corrected chi connectivity index (χ2v) is 3.32. The standard InChI is InChI=1S/C10H6N4O2/c11-4-6-2-1-3-7-8(6)13-9(15)10(16)14(7)5-12/h1-3,6,8H,(H,13,15). The molecule has 2 aliphatic rings. The van der Waals surface area contributed by atoms with Crippen molar-refractivity contribution in [1.82, 2.24) is 10.2 Å². The second kappa shape index (κ2) is 3.52. The van der Waals surface area contributed by atoms with E-state index in [0.29, 0.717) is 5.70 Å². The van der Waals surface area contributed by atoms with E-state index >= 15 is 0 Å². The van der Waals surface area contributed by atoms with Gasteiger partial charge < -0.3 is 5.32 Å². The fourth-order valence-corrected chi connectivity index (χ4v) is 1.69. The lowest BCUT2D eigenvalue weighted by molar-refractivity contribution is -0.145. The van der Waals surface area contributed by atoms with Crippen molar-refractivity contribution < 1.29 is 9.59 Å². The van der Waals surface area contributed by atoms with Crippen molar-refractivity contribution in [3.05, 3.63) is 23.9 Å². The SMILES string of the molecule is N#CC1C=CC=C2C1NC(=O)C(=O)N2C#N. The maximum atomic E-state index is 11.3. The Kier molecular flexibility index (Phi) is 2.19. The van der Waals surface area contributed by atoms with Crippen LogP contribution in [0.4, 0.5) is 0 Å². The van der Waals surface area contributed by atoms with Gasteiger partial charge in [-0.05, 0) is 6.08 Å². The van der Waals surface area contributed by atoms with Crippen molar-refractivity contribution in [2.45, 2.75) is 6.04 Å². The molecule has 1 heterocycles. The van der Waals surface area contributed by atoms with E-state index in [-0.39, 0.29) is 0 Å². The summed E-state index contributed by atoms with van der Waals surface area (Å²) in [5.41, 5.74) is 0.334. The molecule has 2 atom stereocenters. The van der Waals surface area contributed by atoms with E-state index in [2.05, 4.69) is 5.32 Å². The van der Waals surface area contributed by atoms with Gasteiger partial charge in [0, 0.05) is 0 Å². The number of carbonyl (C=O) groups excluding carboxylic acids is 2. The Morgan fingerprint density at radius 1 is 1.38 bits per heavy atom. The smallest absolute Gasteiger partial charge is 0.329 e. The zero-order valence-corrected chi connectivity index (χ0v) is 8.04. The number of hydrogen-bond donors (Lipinski definition) is 1. The minimum Gasteiger partial charge on any atom is -0.338 e. The Balaban J connectivity index is 2.45. The van der Waals surface area contributed by atoms with Crippen molar-refractivity contribution in [3.63, 3.8) is 0 Å². The van der Waals surface area contributed by atoms with Crippen LogP contribution in [-0.4, -0.2) is 22.8 Å². The highest BCUT2D eigenvalue weighted by Gasteiger charge is 2.40. The highest BCUT2D eigenvalue weighted by atomic mass is 16.2. The number of piperazine rings is 1. The third-order valence-electron chi connectivity index (χ3n) is 2.45. The van der Waals surface area contributed by atoms with Crippen molar-refractivity contribution in [2.75, 3.05) is 0 Å². The molecule has 1 N–H and O–H groups in total. The Morgan fingerprint density at radius 3 is 2.75 bits per heavy atom. The first-order valence-corrected chi connectivity index (χ1v) is 4.51. The number of nitrogens with one attached hydrogen (secondary N) is 1. The summed E-state index contributed by atoms with van der Waals surface area (Å²) in [6, 6.07) is 1.37. The molecule has 6 nitrogen and oxygen atoms in total. The summed E-state index contributed by atoms with van der Waals surface area (Å²) in [5.74, 6) is -2.34. The van der Waals surface area contributed by atoms with E-state index in [9.17, 15) is 9.59 Å². The largest absolute Gasteiger partial charge is 0.338 e. The predicted molar refractivity (Wildman–Crippen MR) is 50.7 cm³/mol. The fraction of sp³-hybridized carbons (Fsp3) is 0.200. The third-order valence-corrected chi connectivity index (χ3v) is 2.45. The van der Waals surface area contributed by atoms with Crippen molar-refractivity contribution in [2.24, 2.45) is 5.92 Å². The van der Waals surface area contributed by atoms with Gasteiger partial charge in [0.05, 0.1) is 23.7 Å². The Labute approximate surface area is 91.1 Å². The van der Waals surface area contributed by atoms with E-state index < -0.39 is 23.8 Å². The summed E-state index contributed by atoms with van der Waals surface area (Å²) in [6.07, 6.45) is 6.38. The number of carbonyl (C=O) groups is 2. The second-order valence-electron chi connectivity index (χ2n) is 3.32. The number of nitriles is 2. The van der Waals surface area contributed by atoms with E-state index in [1.807, 2.05) is 6.07 Å². The lowest BCUT2D eigenvalue weighted by Gasteiger charge is -2.33. The molecule has 1 saturated heterocycles. The van der Waals surface area contributed by atoms with Gasteiger partial charge in [-0.1, -0.05) is 12.2 Å². The van der Waals surface area contributed by atoms with E-state index in [4.69, 9.17) is 10.5 Å². The fourth-order valence-electron chi connectivity index (χ4n) is 1.69. The Hall–Kier alpha value is -2.60. The molecule has 2 unspecified atom stereocenters. The van der Waals surface area contributed by atoms with Crippen LogP contribution in [0.3, 0.4) is 0 Å². The first-order chi connectivity index (χ1) is 7.69. The van der Waals surface area contributed by atoms with Crippen LogP contribution in [-0.2, 0) is 9.59 Å². The zero-order chi connectivity index (χ0) is 11.7. The highest BCUT2D eigenvalue weighted by Crippen LogP contribution is 2.24. The van der Waals surface area contributed by atoms with Gasteiger partial charge >= 0.3 is 11.8 Å². The summed E-state index contributed by atoms with van der Waals surface area (Å²) >= 11 is 0. The topological polar surface area (TPSA) is 97.0 Å². The Bertz CT molecular complexity index is 506. The number of nitrogens with zero attached hydrogens (tertiary/aromatic N) is 3. The number of fused-ring (bicyclic) bond motifs is 1. The van der Waals surface area contributed by atoms with Crippen molar-refractivity contribution in [1.29, 1.82) is 10.5 Å². The summed E-state index contributed by atoms with van der Waals surface area (Å²) in [6.45, 7) is 0. The molecule has 0 aromatic heterocycles. The molecule has 0 aromatic carbocycles. The Morgan fingerprint density at radius 2 is 2.12 bits per heavy atom. The molecule has 16 heavy (non-hydrogen) atoms. The van der Waals surface area contributed by atoms with Gasteiger partial charge in [0.1, 0.15) is 0 Å².